The van der Waals surface area contributed by atoms with E-state index in [1.165, 1.54) is 36.5 Å². The van der Waals surface area contributed by atoms with E-state index >= 15 is 0 Å². The molecule has 2 fully saturated rings. The maximum Gasteiger partial charge on any atom is -0.0184 e. The minimum Gasteiger partial charge on any atom is -0.0683 e. The zero-order valence-electron chi connectivity index (χ0n) is 20.4. The molecule has 2 aliphatic carbocycles. The Morgan fingerprint density at radius 3 is 0.857 bits per heavy atom. The predicted octanol–water partition coefficient (Wildman–Crippen LogP) is 10.3. The summed E-state index contributed by atoms with van der Waals surface area (Å²) in [7, 11) is 0. The fraction of sp³-hybridized carbons (Fsp3) is 0.643. The third-order valence-corrected chi connectivity index (χ3v) is 5.13. The highest BCUT2D eigenvalue weighted by atomic mass is 14.3. The molecule has 0 atom stereocenters. The van der Waals surface area contributed by atoms with Gasteiger partial charge in [0, 0.05) is 0 Å². The first-order chi connectivity index (χ1) is 13.9. The van der Waals surface area contributed by atoms with Crippen LogP contribution in [0.3, 0.4) is 0 Å². The van der Waals surface area contributed by atoms with Gasteiger partial charge in [0.05, 0.1) is 0 Å². The molecular weight excluding hydrogens is 336 g/mol. The molecule has 0 spiro atoms. The molecule has 162 valence electrons. The van der Waals surface area contributed by atoms with Crippen LogP contribution >= 0.6 is 0 Å². The molecule has 2 saturated carbocycles. The average molecular weight is 387 g/mol. The Bertz CT molecular complexity index is 437. The van der Waals surface area contributed by atoms with E-state index in [2.05, 4.69) is 48.5 Å². The monoisotopic (exact) mass is 386 g/mol. The van der Waals surface area contributed by atoms with Gasteiger partial charge in [-0.1, -0.05) is 155 Å². The van der Waals surface area contributed by atoms with Crippen molar-refractivity contribution in [3.8, 4) is 0 Å². The summed E-state index contributed by atoms with van der Waals surface area (Å²) in [5, 5.41) is 2.62. The minimum atomic E-state index is 1.16. The second kappa shape index (κ2) is 22.0. The summed E-state index contributed by atoms with van der Waals surface area (Å²) in [5.41, 5.74) is 0. The van der Waals surface area contributed by atoms with Gasteiger partial charge in [0.2, 0.25) is 0 Å². The molecule has 0 heterocycles. The number of rotatable bonds is 0. The first-order valence-electron chi connectivity index (χ1n) is 12.4. The van der Waals surface area contributed by atoms with Gasteiger partial charge >= 0.3 is 0 Å². The van der Waals surface area contributed by atoms with Crippen LogP contribution in [0.4, 0.5) is 0 Å². The van der Waals surface area contributed by atoms with Gasteiger partial charge in [-0.25, -0.2) is 0 Å². The summed E-state index contributed by atoms with van der Waals surface area (Å²) in [6, 6.07) is 16.7. The molecule has 0 aromatic heterocycles. The van der Waals surface area contributed by atoms with Crippen molar-refractivity contribution in [2.24, 2.45) is 11.8 Å². The van der Waals surface area contributed by atoms with E-state index in [-0.39, 0.29) is 0 Å². The van der Waals surface area contributed by atoms with Gasteiger partial charge in [-0.3, -0.25) is 0 Å². The van der Waals surface area contributed by atoms with E-state index in [0.29, 0.717) is 0 Å². The van der Waals surface area contributed by atoms with E-state index in [1.54, 1.807) is 25.7 Å². The maximum atomic E-state index is 2.12. The Morgan fingerprint density at radius 2 is 0.643 bits per heavy atom. The van der Waals surface area contributed by atoms with E-state index in [9.17, 15) is 0 Å². The summed E-state index contributed by atoms with van der Waals surface area (Å²) in [5.74, 6) is 2.31. The normalized spacial score (nSPS) is 19.0. The molecule has 28 heavy (non-hydrogen) atoms. The lowest BCUT2D eigenvalue weighted by atomic mass is 9.71. The Kier molecular flexibility index (Phi) is 22.7. The molecule has 2 aromatic rings. The Hall–Kier alpha value is -1.30. The van der Waals surface area contributed by atoms with Crippen LogP contribution in [0.1, 0.15) is 107 Å². The highest BCUT2D eigenvalue weighted by Crippen LogP contribution is 2.39. The van der Waals surface area contributed by atoms with Crippen molar-refractivity contribution >= 4 is 10.8 Å². The maximum absolute atomic E-state index is 2.12. The van der Waals surface area contributed by atoms with Crippen LogP contribution in [0.2, 0.25) is 0 Å². The van der Waals surface area contributed by atoms with E-state index in [4.69, 9.17) is 0 Å². The van der Waals surface area contributed by atoms with E-state index < -0.39 is 0 Å². The number of benzene rings is 2. The molecule has 4 rings (SSSR count). The summed E-state index contributed by atoms with van der Waals surface area (Å²) >= 11 is 0. The third-order valence-electron chi connectivity index (χ3n) is 5.13. The van der Waals surface area contributed by atoms with Crippen LogP contribution in [0.15, 0.2) is 48.5 Å². The van der Waals surface area contributed by atoms with Gasteiger partial charge in [0.25, 0.3) is 0 Å². The predicted molar refractivity (Wildman–Crippen MR) is 133 cm³/mol. The zero-order valence-corrected chi connectivity index (χ0v) is 20.4. The Morgan fingerprint density at radius 1 is 0.429 bits per heavy atom. The minimum absolute atomic E-state index is 1.16. The lowest BCUT2D eigenvalue weighted by Gasteiger charge is -2.35. The largest absolute Gasteiger partial charge is 0.0683 e. The molecule has 0 heteroatoms. The second-order valence-corrected chi connectivity index (χ2v) is 6.44. The van der Waals surface area contributed by atoms with Crippen LogP contribution < -0.4 is 0 Å². The van der Waals surface area contributed by atoms with Gasteiger partial charge in [-0.15, -0.1) is 0 Å². The second-order valence-electron chi connectivity index (χ2n) is 6.44. The van der Waals surface area contributed by atoms with Gasteiger partial charge < -0.3 is 0 Å². The standard InChI is InChI=1S/C10H18.C10H8.4C2H6/c2*1-2-6-10-8-4-3-7-9(10)5-1;4*1-2/h9-10H,1-8H2;1-8H;4*1-2H3. The van der Waals surface area contributed by atoms with Crippen LogP contribution in [0.25, 0.3) is 10.8 Å². The number of fused-ring (bicyclic) bond motifs is 2. The van der Waals surface area contributed by atoms with Crippen molar-refractivity contribution in [3.05, 3.63) is 48.5 Å². The highest BCUT2D eigenvalue weighted by molar-refractivity contribution is 5.81. The molecule has 2 aliphatic rings. The van der Waals surface area contributed by atoms with Crippen LogP contribution in [-0.4, -0.2) is 0 Å². The van der Waals surface area contributed by atoms with E-state index in [1.807, 2.05) is 55.4 Å². The molecular formula is C28H50. The van der Waals surface area contributed by atoms with Gasteiger partial charge in [0.1, 0.15) is 0 Å². The molecule has 0 N–H and O–H groups in total. The molecule has 0 bridgehead atoms. The third kappa shape index (κ3) is 11.5. The van der Waals surface area contributed by atoms with Crippen molar-refractivity contribution in [3.63, 3.8) is 0 Å². The van der Waals surface area contributed by atoms with Crippen LogP contribution in [0, 0.1) is 11.8 Å². The molecule has 0 radical (unpaired) electrons. The lowest BCUT2D eigenvalue weighted by molar-refractivity contribution is 0.171. The van der Waals surface area contributed by atoms with Gasteiger partial charge in [-0.05, 0) is 22.6 Å². The quantitative estimate of drug-likeness (QED) is 0.422. The first-order valence-corrected chi connectivity index (χ1v) is 12.4. The van der Waals surface area contributed by atoms with Crippen molar-refractivity contribution in [2.75, 3.05) is 0 Å². The molecule has 0 unspecified atom stereocenters. The molecule has 0 aliphatic heterocycles. The zero-order chi connectivity index (χ0) is 21.6. The van der Waals surface area contributed by atoms with Gasteiger partial charge in [0.15, 0.2) is 0 Å². The molecule has 0 amide bonds. The molecule has 0 nitrogen and oxygen atoms in total. The average Bonchev–Trinajstić information content (AvgIpc) is 2.85. The Labute approximate surface area is 178 Å². The number of hydrogen-bond donors (Lipinski definition) is 0. The Balaban J connectivity index is 0. The summed E-state index contributed by atoms with van der Waals surface area (Å²) in [4.78, 5) is 0. The summed E-state index contributed by atoms with van der Waals surface area (Å²) < 4.78 is 0. The molecule has 0 saturated heterocycles. The SMILES string of the molecule is C1CCC2CCCCC2C1.CC.CC.CC.CC.c1ccc2ccccc2c1. The van der Waals surface area contributed by atoms with Crippen LogP contribution in [0.5, 0.6) is 0 Å². The summed E-state index contributed by atoms with van der Waals surface area (Å²) in [6.45, 7) is 16.0. The smallest absolute Gasteiger partial charge is 0.0184 e. The van der Waals surface area contributed by atoms with Crippen molar-refractivity contribution in [1.29, 1.82) is 0 Å². The highest BCUT2D eigenvalue weighted by Gasteiger charge is 2.26. The van der Waals surface area contributed by atoms with Crippen LogP contribution in [-0.2, 0) is 0 Å². The van der Waals surface area contributed by atoms with Crippen molar-refractivity contribution in [2.45, 2.75) is 107 Å². The fourth-order valence-corrected chi connectivity index (χ4v) is 3.99. The topological polar surface area (TPSA) is 0 Å². The van der Waals surface area contributed by atoms with E-state index in [0.717, 1.165) is 11.8 Å². The van der Waals surface area contributed by atoms with Crippen molar-refractivity contribution in [1.82, 2.24) is 0 Å². The van der Waals surface area contributed by atoms with Crippen molar-refractivity contribution < 1.29 is 0 Å². The first kappa shape index (κ1) is 28.9. The summed E-state index contributed by atoms with van der Waals surface area (Å²) in [6.07, 6.45) is 12.4. The number of hydrogen-bond acceptors (Lipinski definition) is 0. The fourth-order valence-electron chi connectivity index (χ4n) is 3.99. The van der Waals surface area contributed by atoms with Gasteiger partial charge in [-0.2, -0.15) is 0 Å². The molecule has 2 aromatic carbocycles. The lowest BCUT2D eigenvalue weighted by Crippen LogP contribution is -2.22.